The maximum atomic E-state index is 4.53. The van der Waals surface area contributed by atoms with Crippen molar-refractivity contribution in [1.82, 2.24) is 14.9 Å². The summed E-state index contributed by atoms with van der Waals surface area (Å²) in [5, 5.41) is 3.24. The highest BCUT2D eigenvalue weighted by molar-refractivity contribution is 5.35. The van der Waals surface area contributed by atoms with Gasteiger partial charge < -0.3 is 5.32 Å². The molecule has 1 heterocycles. The van der Waals surface area contributed by atoms with E-state index in [1.165, 1.54) is 19.3 Å². The Hall–Kier alpha value is -1.16. The summed E-state index contributed by atoms with van der Waals surface area (Å²) in [7, 11) is 2.13. The SMILES string of the molecule is CCCCCN(C)Cc1nc(C)cc(NCC)n1. The summed E-state index contributed by atoms with van der Waals surface area (Å²) in [4.78, 5) is 11.3. The fraction of sp³-hybridized carbons (Fsp3) is 0.714. The van der Waals surface area contributed by atoms with Gasteiger partial charge in [-0.2, -0.15) is 0 Å². The van der Waals surface area contributed by atoms with Gasteiger partial charge in [-0.15, -0.1) is 0 Å². The molecule has 0 spiro atoms. The van der Waals surface area contributed by atoms with E-state index in [-0.39, 0.29) is 0 Å². The van der Waals surface area contributed by atoms with Crippen LogP contribution in [0.25, 0.3) is 0 Å². The number of anilines is 1. The molecule has 1 N–H and O–H groups in total. The van der Waals surface area contributed by atoms with Crippen LogP contribution in [0.15, 0.2) is 6.07 Å². The lowest BCUT2D eigenvalue weighted by Gasteiger charge is -2.16. The number of nitrogens with zero attached hydrogens (tertiary/aromatic N) is 3. The van der Waals surface area contributed by atoms with Crippen LogP contribution in [0.3, 0.4) is 0 Å². The summed E-state index contributed by atoms with van der Waals surface area (Å²) in [6, 6.07) is 1.99. The standard InChI is InChI=1S/C14H26N4/c1-5-7-8-9-18(4)11-14-16-12(3)10-13(17-14)15-6-2/h10H,5-9,11H2,1-4H3,(H,15,16,17). The van der Waals surface area contributed by atoms with Crippen molar-refractivity contribution in [2.24, 2.45) is 0 Å². The number of aryl methyl sites for hydroxylation is 1. The molecule has 1 aromatic heterocycles. The summed E-state index contributed by atoms with van der Waals surface area (Å²) in [6.45, 7) is 9.15. The first kappa shape index (κ1) is 14.9. The number of hydrogen-bond acceptors (Lipinski definition) is 4. The van der Waals surface area contributed by atoms with Gasteiger partial charge in [-0.25, -0.2) is 9.97 Å². The van der Waals surface area contributed by atoms with E-state index >= 15 is 0 Å². The lowest BCUT2D eigenvalue weighted by atomic mass is 10.2. The molecule has 0 amide bonds. The van der Waals surface area contributed by atoms with Crippen LogP contribution in [0, 0.1) is 6.92 Å². The molecule has 0 aromatic carbocycles. The number of aromatic nitrogens is 2. The van der Waals surface area contributed by atoms with Crippen LogP contribution < -0.4 is 5.32 Å². The molecule has 0 bridgehead atoms. The summed E-state index contributed by atoms with van der Waals surface area (Å²) in [5.74, 6) is 1.84. The summed E-state index contributed by atoms with van der Waals surface area (Å²) >= 11 is 0. The summed E-state index contributed by atoms with van der Waals surface area (Å²) in [6.07, 6.45) is 3.81. The van der Waals surface area contributed by atoms with Gasteiger partial charge in [0.25, 0.3) is 0 Å². The quantitative estimate of drug-likeness (QED) is 0.720. The molecule has 0 aliphatic heterocycles. The third-order valence-corrected chi connectivity index (χ3v) is 2.81. The normalized spacial score (nSPS) is 10.9. The highest BCUT2D eigenvalue weighted by Crippen LogP contribution is 2.08. The molecule has 18 heavy (non-hydrogen) atoms. The van der Waals surface area contributed by atoms with E-state index < -0.39 is 0 Å². The highest BCUT2D eigenvalue weighted by atomic mass is 15.1. The second-order valence-corrected chi connectivity index (χ2v) is 4.79. The second-order valence-electron chi connectivity index (χ2n) is 4.79. The number of nitrogens with one attached hydrogen (secondary N) is 1. The topological polar surface area (TPSA) is 41.1 Å². The van der Waals surface area contributed by atoms with Gasteiger partial charge in [0.1, 0.15) is 11.6 Å². The minimum Gasteiger partial charge on any atom is -0.370 e. The molecule has 0 unspecified atom stereocenters. The van der Waals surface area contributed by atoms with Crippen molar-refractivity contribution in [2.45, 2.75) is 46.6 Å². The Labute approximate surface area is 111 Å². The van der Waals surface area contributed by atoms with Crippen LogP contribution in [0.2, 0.25) is 0 Å². The first-order valence-corrected chi connectivity index (χ1v) is 6.92. The van der Waals surface area contributed by atoms with E-state index in [1.807, 2.05) is 13.0 Å². The molecule has 0 atom stereocenters. The molecule has 0 radical (unpaired) electrons. The van der Waals surface area contributed by atoms with Crippen molar-refractivity contribution >= 4 is 5.82 Å². The van der Waals surface area contributed by atoms with E-state index in [0.717, 1.165) is 37.0 Å². The monoisotopic (exact) mass is 250 g/mol. The van der Waals surface area contributed by atoms with Crippen molar-refractivity contribution < 1.29 is 0 Å². The molecule has 102 valence electrons. The predicted molar refractivity (Wildman–Crippen MR) is 76.8 cm³/mol. The van der Waals surface area contributed by atoms with E-state index in [1.54, 1.807) is 0 Å². The maximum absolute atomic E-state index is 4.53. The van der Waals surface area contributed by atoms with Gasteiger partial charge in [-0.3, -0.25) is 4.90 Å². The van der Waals surface area contributed by atoms with Gasteiger partial charge in [-0.05, 0) is 33.9 Å². The van der Waals surface area contributed by atoms with Crippen LogP contribution in [0.1, 0.15) is 44.6 Å². The van der Waals surface area contributed by atoms with Gasteiger partial charge in [0.15, 0.2) is 0 Å². The lowest BCUT2D eigenvalue weighted by Crippen LogP contribution is -2.21. The van der Waals surface area contributed by atoms with E-state index in [4.69, 9.17) is 0 Å². The Balaban J connectivity index is 2.54. The molecular formula is C14H26N4. The lowest BCUT2D eigenvalue weighted by molar-refractivity contribution is 0.310. The van der Waals surface area contributed by atoms with Crippen molar-refractivity contribution in [2.75, 3.05) is 25.5 Å². The van der Waals surface area contributed by atoms with E-state index in [9.17, 15) is 0 Å². The van der Waals surface area contributed by atoms with Crippen molar-refractivity contribution in [1.29, 1.82) is 0 Å². The minimum atomic E-state index is 0.823. The first-order chi connectivity index (χ1) is 8.65. The van der Waals surface area contributed by atoms with Gasteiger partial charge in [-0.1, -0.05) is 19.8 Å². The maximum Gasteiger partial charge on any atom is 0.144 e. The van der Waals surface area contributed by atoms with Crippen molar-refractivity contribution in [3.63, 3.8) is 0 Å². The smallest absolute Gasteiger partial charge is 0.144 e. The molecule has 1 aromatic rings. The van der Waals surface area contributed by atoms with Crippen LogP contribution in [0.4, 0.5) is 5.82 Å². The summed E-state index contributed by atoms with van der Waals surface area (Å²) < 4.78 is 0. The minimum absolute atomic E-state index is 0.823. The fourth-order valence-corrected chi connectivity index (χ4v) is 1.92. The number of rotatable bonds is 8. The van der Waals surface area contributed by atoms with Gasteiger partial charge in [0.05, 0.1) is 6.54 Å². The zero-order chi connectivity index (χ0) is 13.4. The highest BCUT2D eigenvalue weighted by Gasteiger charge is 2.05. The van der Waals surface area contributed by atoms with Gasteiger partial charge >= 0.3 is 0 Å². The third-order valence-electron chi connectivity index (χ3n) is 2.81. The van der Waals surface area contributed by atoms with Crippen LogP contribution in [-0.4, -0.2) is 35.0 Å². The van der Waals surface area contributed by atoms with E-state index in [2.05, 4.69) is 41.1 Å². The average Bonchev–Trinajstić information content (AvgIpc) is 2.28. The van der Waals surface area contributed by atoms with Crippen LogP contribution >= 0.6 is 0 Å². The van der Waals surface area contributed by atoms with Gasteiger partial charge in [0, 0.05) is 18.3 Å². The Morgan fingerprint density at radius 1 is 1.22 bits per heavy atom. The summed E-state index contributed by atoms with van der Waals surface area (Å²) in [5.41, 5.74) is 1.03. The zero-order valence-corrected chi connectivity index (χ0v) is 12.2. The van der Waals surface area contributed by atoms with E-state index in [0.29, 0.717) is 0 Å². The number of hydrogen-bond donors (Lipinski definition) is 1. The van der Waals surface area contributed by atoms with Gasteiger partial charge in [0.2, 0.25) is 0 Å². The molecule has 0 fully saturated rings. The average molecular weight is 250 g/mol. The van der Waals surface area contributed by atoms with Crippen LogP contribution in [0.5, 0.6) is 0 Å². The zero-order valence-electron chi connectivity index (χ0n) is 12.2. The van der Waals surface area contributed by atoms with Crippen molar-refractivity contribution in [3.8, 4) is 0 Å². The molecule has 0 aliphatic rings. The number of unbranched alkanes of at least 4 members (excludes halogenated alkanes) is 2. The second kappa shape index (κ2) is 8.03. The Morgan fingerprint density at radius 3 is 2.67 bits per heavy atom. The Bertz CT molecular complexity index is 352. The third kappa shape index (κ3) is 5.45. The largest absolute Gasteiger partial charge is 0.370 e. The molecule has 1 rings (SSSR count). The molecule has 4 nitrogen and oxygen atoms in total. The molecule has 0 saturated carbocycles. The predicted octanol–water partition coefficient (Wildman–Crippen LogP) is 2.84. The Morgan fingerprint density at radius 2 is 2.00 bits per heavy atom. The molecule has 4 heteroatoms. The van der Waals surface area contributed by atoms with Crippen LogP contribution in [-0.2, 0) is 6.54 Å². The first-order valence-electron chi connectivity index (χ1n) is 6.92. The van der Waals surface area contributed by atoms with Crippen molar-refractivity contribution in [3.05, 3.63) is 17.6 Å². The molecule has 0 aliphatic carbocycles. The molecule has 0 saturated heterocycles. The molecular weight excluding hydrogens is 224 g/mol. The Kier molecular flexibility index (Phi) is 6.65. The fourth-order valence-electron chi connectivity index (χ4n) is 1.92.